The normalized spacial score (nSPS) is 26.8. The van der Waals surface area contributed by atoms with Gasteiger partial charge in [0.15, 0.2) is 5.82 Å². The third-order valence-electron chi connectivity index (χ3n) is 3.43. The van der Waals surface area contributed by atoms with Crippen molar-refractivity contribution in [2.75, 3.05) is 12.4 Å². The number of nitrogens with zero attached hydrogens (tertiary/aromatic N) is 1. The lowest BCUT2D eigenvalue weighted by molar-refractivity contribution is -0.116. The predicted molar refractivity (Wildman–Crippen MR) is 88.8 cm³/mol. The number of anilines is 1. The van der Waals surface area contributed by atoms with E-state index in [1.165, 1.54) is 0 Å². The first-order valence-corrected chi connectivity index (χ1v) is 8.66. The van der Waals surface area contributed by atoms with E-state index >= 15 is 0 Å². The summed E-state index contributed by atoms with van der Waals surface area (Å²) >= 11 is 13.3. The fraction of sp³-hybridized carbons (Fsp3) is 0.538. The van der Waals surface area contributed by atoms with E-state index in [4.69, 9.17) is 23.2 Å². The number of aromatic nitrogens is 1. The maximum atomic E-state index is 13.6. The molecule has 2 rings (SSSR count). The lowest BCUT2D eigenvalue weighted by atomic mass is 10.1. The van der Waals surface area contributed by atoms with Gasteiger partial charge in [-0.2, -0.15) is 0 Å². The molecule has 2 N–H and O–H groups in total. The number of pyridine rings is 1. The lowest BCUT2D eigenvalue weighted by Crippen LogP contribution is -2.44. The van der Waals surface area contributed by atoms with E-state index in [1.54, 1.807) is 7.05 Å². The maximum absolute atomic E-state index is 13.6. The van der Waals surface area contributed by atoms with Crippen molar-refractivity contribution in [3.63, 3.8) is 0 Å². The Labute approximate surface area is 149 Å². The van der Waals surface area contributed by atoms with Gasteiger partial charge in [-0.15, -0.1) is 35.0 Å². The third kappa shape index (κ3) is 4.19. The van der Waals surface area contributed by atoms with Crippen LogP contribution in [0, 0.1) is 5.82 Å². The minimum Gasteiger partial charge on any atom is -0.324 e. The highest BCUT2D eigenvalue weighted by Crippen LogP contribution is 2.40. The average molecular weight is 404 g/mol. The van der Waals surface area contributed by atoms with E-state index in [0.717, 1.165) is 24.0 Å². The molecule has 1 saturated heterocycles. The number of amides is 1. The summed E-state index contributed by atoms with van der Waals surface area (Å²) in [5, 5.41) is 4.15. The molecular weight excluding hydrogens is 390 g/mol. The summed E-state index contributed by atoms with van der Waals surface area (Å²) in [6.07, 6.45) is -1.86. The Balaban J connectivity index is 2.20. The van der Waals surface area contributed by atoms with Gasteiger partial charge >= 0.3 is 0 Å². The van der Waals surface area contributed by atoms with Crippen molar-refractivity contribution in [3.8, 4) is 0 Å². The molecule has 0 radical (unpaired) electrons. The summed E-state index contributed by atoms with van der Waals surface area (Å²) in [7, 11) is 1.62. The standard InChI is InChI=1S/C13H14Cl2F3N3O2S/c1-19-9-8(14)11(15)24-10(9)12(22)20-5-2-6(16)13(23)21(3-5)4-7(17)18/h2-3,7-11,19H,4H2,1H3,(H,20,22). The van der Waals surface area contributed by atoms with Crippen LogP contribution in [0.1, 0.15) is 0 Å². The molecule has 1 amide bonds. The molecule has 134 valence electrons. The largest absolute Gasteiger partial charge is 0.324 e. The van der Waals surface area contributed by atoms with Crippen LogP contribution in [0.2, 0.25) is 0 Å². The second-order valence-electron chi connectivity index (χ2n) is 5.08. The van der Waals surface area contributed by atoms with E-state index in [2.05, 4.69) is 10.6 Å². The summed E-state index contributed by atoms with van der Waals surface area (Å²) in [6, 6.07) is 0.364. The van der Waals surface area contributed by atoms with Gasteiger partial charge in [0.1, 0.15) is 5.25 Å². The second-order valence-corrected chi connectivity index (χ2v) is 7.60. The molecule has 1 aromatic heterocycles. The Hall–Kier alpha value is -0.900. The molecule has 5 nitrogen and oxygen atoms in total. The van der Waals surface area contributed by atoms with Crippen LogP contribution in [0.5, 0.6) is 0 Å². The molecule has 0 aromatic carbocycles. The number of hydrogen-bond acceptors (Lipinski definition) is 4. The summed E-state index contributed by atoms with van der Waals surface area (Å²) in [4.78, 5) is 23.8. The minimum absolute atomic E-state index is 0.0997. The Bertz CT molecular complexity index is 676. The lowest BCUT2D eigenvalue weighted by Gasteiger charge is -2.19. The Morgan fingerprint density at radius 2 is 2.12 bits per heavy atom. The molecule has 1 aromatic rings. The number of alkyl halides is 4. The number of halogens is 5. The van der Waals surface area contributed by atoms with E-state index in [0.29, 0.717) is 4.57 Å². The number of nitrogens with one attached hydrogen (secondary N) is 2. The number of carbonyl (C=O) groups excluding carboxylic acids is 1. The van der Waals surface area contributed by atoms with Gasteiger partial charge in [-0.3, -0.25) is 9.59 Å². The highest BCUT2D eigenvalue weighted by Gasteiger charge is 2.45. The zero-order valence-corrected chi connectivity index (χ0v) is 14.6. The van der Waals surface area contributed by atoms with Gasteiger partial charge in [0.25, 0.3) is 12.0 Å². The zero-order valence-electron chi connectivity index (χ0n) is 12.3. The molecule has 0 bridgehead atoms. The Kier molecular flexibility index (Phi) is 6.46. The van der Waals surface area contributed by atoms with Gasteiger partial charge in [-0.05, 0) is 7.05 Å². The molecule has 11 heteroatoms. The topological polar surface area (TPSA) is 63.1 Å². The molecule has 24 heavy (non-hydrogen) atoms. The molecule has 4 atom stereocenters. The van der Waals surface area contributed by atoms with Crippen LogP contribution in [-0.4, -0.2) is 45.3 Å². The molecule has 0 aliphatic carbocycles. The number of hydrogen-bond donors (Lipinski definition) is 2. The van der Waals surface area contributed by atoms with E-state index in [1.807, 2.05) is 0 Å². The molecule has 0 saturated carbocycles. The first-order chi connectivity index (χ1) is 11.2. The minimum atomic E-state index is -2.83. The molecule has 4 unspecified atom stereocenters. The van der Waals surface area contributed by atoms with Crippen molar-refractivity contribution in [2.24, 2.45) is 0 Å². The number of thioether (sulfide) groups is 1. The van der Waals surface area contributed by atoms with Gasteiger partial charge in [-0.1, -0.05) is 0 Å². The van der Waals surface area contributed by atoms with Gasteiger partial charge in [0, 0.05) is 18.3 Å². The first kappa shape index (κ1) is 19.4. The van der Waals surface area contributed by atoms with Crippen LogP contribution in [0.25, 0.3) is 0 Å². The molecule has 1 aliphatic rings. The van der Waals surface area contributed by atoms with Gasteiger partial charge in [0.05, 0.1) is 22.3 Å². The van der Waals surface area contributed by atoms with Gasteiger partial charge < -0.3 is 15.2 Å². The number of carbonyl (C=O) groups is 1. The smallest absolute Gasteiger partial charge is 0.286 e. The molecular formula is C13H14Cl2F3N3O2S. The third-order valence-corrected chi connectivity index (χ3v) is 6.17. The van der Waals surface area contributed by atoms with Crippen molar-refractivity contribution in [1.29, 1.82) is 0 Å². The maximum Gasteiger partial charge on any atom is 0.286 e. The van der Waals surface area contributed by atoms with Crippen LogP contribution >= 0.6 is 35.0 Å². The fourth-order valence-electron chi connectivity index (χ4n) is 2.33. The zero-order chi connectivity index (χ0) is 18.0. The molecule has 1 aliphatic heterocycles. The fourth-order valence-corrected chi connectivity index (χ4v) is 4.61. The molecule has 1 fully saturated rings. The summed E-state index contributed by atoms with van der Waals surface area (Å²) in [5.41, 5.74) is -1.28. The van der Waals surface area contributed by atoms with Crippen molar-refractivity contribution in [2.45, 2.75) is 34.3 Å². The highest BCUT2D eigenvalue weighted by atomic mass is 35.5. The first-order valence-electron chi connectivity index (χ1n) is 6.84. The second kappa shape index (κ2) is 7.99. The van der Waals surface area contributed by atoms with Crippen LogP contribution in [0.4, 0.5) is 18.9 Å². The van der Waals surface area contributed by atoms with Gasteiger partial charge in [0.2, 0.25) is 5.91 Å². The predicted octanol–water partition coefficient (Wildman–Crippen LogP) is 2.07. The van der Waals surface area contributed by atoms with E-state index < -0.39 is 51.6 Å². The van der Waals surface area contributed by atoms with E-state index in [-0.39, 0.29) is 5.69 Å². The average Bonchev–Trinajstić information content (AvgIpc) is 2.79. The monoisotopic (exact) mass is 403 g/mol. The summed E-state index contributed by atoms with van der Waals surface area (Å²) in [6.45, 7) is -0.968. The van der Waals surface area contributed by atoms with Crippen LogP contribution in [0.3, 0.4) is 0 Å². The summed E-state index contributed by atoms with van der Waals surface area (Å²) < 4.78 is 38.5. The van der Waals surface area contributed by atoms with Crippen molar-refractivity contribution >= 4 is 46.6 Å². The van der Waals surface area contributed by atoms with Crippen LogP contribution < -0.4 is 16.2 Å². The number of rotatable bonds is 5. The quantitative estimate of drug-likeness (QED) is 0.738. The summed E-state index contributed by atoms with van der Waals surface area (Å²) in [5.74, 6) is -1.75. The van der Waals surface area contributed by atoms with Crippen molar-refractivity contribution in [1.82, 2.24) is 9.88 Å². The molecule has 2 heterocycles. The SMILES string of the molecule is CNC1C(C(=O)Nc2cc(F)c(=O)n(CC(F)F)c2)SC(Cl)C1Cl. The van der Waals surface area contributed by atoms with Crippen molar-refractivity contribution < 1.29 is 18.0 Å². The Morgan fingerprint density at radius 3 is 2.71 bits per heavy atom. The van der Waals surface area contributed by atoms with E-state index in [9.17, 15) is 22.8 Å². The highest BCUT2D eigenvalue weighted by molar-refractivity contribution is 8.02. The van der Waals surface area contributed by atoms with Crippen LogP contribution in [0.15, 0.2) is 17.1 Å². The Morgan fingerprint density at radius 1 is 1.46 bits per heavy atom. The van der Waals surface area contributed by atoms with Gasteiger partial charge in [-0.25, -0.2) is 13.2 Å². The molecule has 0 spiro atoms. The van der Waals surface area contributed by atoms with Crippen molar-refractivity contribution in [3.05, 3.63) is 28.4 Å². The van der Waals surface area contributed by atoms with Crippen LogP contribution in [-0.2, 0) is 11.3 Å².